The highest BCUT2D eigenvalue weighted by molar-refractivity contribution is 5.83. The van der Waals surface area contributed by atoms with Crippen LogP contribution in [0.2, 0.25) is 0 Å². The van der Waals surface area contributed by atoms with Gasteiger partial charge in [-0.3, -0.25) is 5.10 Å². The summed E-state index contributed by atoms with van der Waals surface area (Å²) in [5, 5.41) is 7.13. The molecule has 124 valence electrons. The third-order valence-electron chi connectivity index (χ3n) is 3.86. The van der Waals surface area contributed by atoms with E-state index in [1.807, 2.05) is 36.4 Å². The number of methoxy groups -OCH3 is 1. The third-order valence-corrected chi connectivity index (χ3v) is 3.86. The SMILES string of the molecule is COc1ccc2nc(-c3[nH]ncc3C=Cc3ccc(N)nc3)[nH]c2c1. The van der Waals surface area contributed by atoms with Crippen LogP contribution in [0.3, 0.4) is 0 Å². The second-order valence-corrected chi connectivity index (χ2v) is 5.52. The molecule has 0 saturated heterocycles. The Labute approximate surface area is 143 Å². The van der Waals surface area contributed by atoms with Crippen LogP contribution in [0.25, 0.3) is 34.7 Å². The van der Waals surface area contributed by atoms with Crippen molar-refractivity contribution >= 4 is 29.0 Å². The van der Waals surface area contributed by atoms with Crippen LogP contribution in [0.15, 0.2) is 42.7 Å². The van der Waals surface area contributed by atoms with Gasteiger partial charge in [0.05, 0.1) is 24.3 Å². The summed E-state index contributed by atoms with van der Waals surface area (Å²) in [7, 11) is 1.64. The molecule has 0 fully saturated rings. The summed E-state index contributed by atoms with van der Waals surface area (Å²) < 4.78 is 5.25. The van der Waals surface area contributed by atoms with Crippen molar-refractivity contribution < 1.29 is 4.74 Å². The Bertz CT molecular complexity index is 1050. The summed E-state index contributed by atoms with van der Waals surface area (Å²) in [4.78, 5) is 12.0. The second kappa shape index (κ2) is 6.12. The van der Waals surface area contributed by atoms with Crippen molar-refractivity contribution in [3.63, 3.8) is 0 Å². The van der Waals surface area contributed by atoms with Gasteiger partial charge in [-0.15, -0.1) is 0 Å². The summed E-state index contributed by atoms with van der Waals surface area (Å²) in [6.45, 7) is 0. The molecule has 0 spiro atoms. The molecular formula is C18H16N6O. The lowest BCUT2D eigenvalue weighted by molar-refractivity contribution is 0.415. The summed E-state index contributed by atoms with van der Waals surface area (Å²) in [6.07, 6.45) is 7.38. The number of nitrogens with one attached hydrogen (secondary N) is 2. The molecule has 0 unspecified atom stereocenters. The van der Waals surface area contributed by atoms with Crippen molar-refractivity contribution in [2.45, 2.75) is 0 Å². The number of pyridine rings is 1. The molecular weight excluding hydrogens is 316 g/mol. The average molecular weight is 332 g/mol. The molecule has 4 N–H and O–H groups in total. The van der Waals surface area contributed by atoms with Crippen molar-refractivity contribution in [1.29, 1.82) is 0 Å². The average Bonchev–Trinajstić information content (AvgIpc) is 3.26. The lowest BCUT2D eigenvalue weighted by atomic mass is 10.2. The first-order valence-electron chi connectivity index (χ1n) is 7.70. The minimum Gasteiger partial charge on any atom is -0.497 e. The smallest absolute Gasteiger partial charge is 0.157 e. The zero-order valence-electron chi connectivity index (χ0n) is 13.5. The number of anilines is 1. The van der Waals surface area contributed by atoms with Crippen LogP contribution >= 0.6 is 0 Å². The number of nitrogens with two attached hydrogens (primary N) is 1. The Kier molecular flexibility index (Phi) is 3.66. The molecule has 0 atom stereocenters. The van der Waals surface area contributed by atoms with Crippen molar-refractivity contribution in [3.05, 3.63) is 53.9 Å². The van der Waals surface area contributed by atoms with E-state index in [-0.39, 0.29) is 0 Å². The summed E-state index contributed by atoms with van der Waals surface area (Å²) in [6, 6.07) is 9.39. The number of aromatic amines is 2. The molecule has 3 aromatic heterocycles. The van der Waals surface area contributed by atoms with Gasteiger partial charge < -0.3 is 15.5 Å². The molecule has 1 aromatic carbocycles. The molecule has 0 radical (unpaired) electrons. The number of H-pyrrole nitrogens is 2. The van der Waals surface area contributed by atoms with Crippen LogP contribution < -0.4 is 10.5 Å². The summed E-state index contributed by atoms with van der Waals surface area (Å²) >= 11 is 0. The van der Waals surface area contributed by atoms with Crippen molar-refractivity contribution in [3.8, 4) is 17.3 Å². The largest absolute Gasteiger partial charge is 0.497 e. The van der Waals surface area contributed by atoms with Gasteiger partial charge in [-0.05, 0) is 29.8 Å². The predicted molar refractivity (Wildman–Crippen MR) is 97.8 cm³/mol. The van der Waals surface area contributed by atoms with Crippen molar-refractivity contribution in [2.24, 2.45) is 0 Å². The van der Waals surface area contributed by atoms with Crippen LogP contribution in [0.5, 0.6) is 5.75 Å². The van der Waals surface area contributed by atoms with Crippen LogP contribution in [0.4, 0.5) is 5.82 Å². The monoisotopic (exact) mass is 332 g/mol. The molecule has 7 nitrogen and oxygen atoms in total. The number of fused-ring (bicyclic) bond motifs is 1. The molecule has 7 heteroatoms. The molecule has 3 heterocycles. The van der Waals surface area contributed by atoms with E-state index in [0.29, 0.717) is 5.82 Å². The Balaban J connectivity index is 1.68. The Morgan fingerprint density at radius 1 is 1.12 bits per heavy atom. The minimum absolute atomic E-state index is 0.499. The number of nitrogen functional groups attached to an aromatic ring is 1. The summed E-state index contributed by atoms with van der Waals surface area (Å²) in [5.41, 5.74) is 10.1. The molecule has 0 amide bonds. The predicted octanol–water partition coefficient (Wildman–Crippen LogP) is 3.11. The molecule has 0 bridgehead atoms. The van der Waals surface area contributed by atoms with Gasteiger partial charge in [0.15, 0.2) is 5.82 Å². The Morgan fingerprint density at radius 2 is 2.04 bits per heavy atom. The molecule has 0 saturated carbocycles. The summed E-state index contributed by atoms with van der Waals surface area (Å²) in [5.74, 6) is 2.00. The van der Waals surface area contributed by atoms with E-state index in [2.05, 4.69) is 25.1 Å². The van der Waals surface area contributed by atoms with E-state index >= 15 is 0 Å². The highest BCUT2D eigenvalue weighted by atomic mass is 16.5. The molecule has 0 aliphatic carbocycles. The number of benzene rings is 1. The Morgan fingerprint density at radius 3 is 2.84 bits per heavy atom. The number of hydrogen-bond donors (Lipinski definition) is 3. The second-order valence-electron chi connectivity index (χ2n) is 5.52. The van der Waals surface area contributed by atoms with E-state index in [4.69, 9.17) is 10.5 Å². The number of hydrogen-bond acceptors (Lipinski definition) is 5. The van der Waals surface area contributed by atoms with E-state index in [9.17, 15) is 0 Å². The fourth-order valence-corrected chi connectivity index (χ4v) is 2.55. The molecule has 4 rings (SSSR count). The first-order valence-corrected chi connectivity index (χ1v) is 7.70. The maximum absolute atomic E-state index is 5.60. The number of rotatable bonds is 4. The van der Waals surface area contributed by atoms with Gasteiger partial charge in [0.25, 0.3) is 0 Å². The maximum Gasteiger partial charge on any atom is 0.157 e. The van der Waals surface area contributed by atoms with E-state index < -0.39 is 0 Å². The van der Waals surface area contributed by atoms with Gasteiger partial charge in [-0.2, -0.15) is 5.10 Å². The van der Waals surface area contributed by atoms with E-state index in [1.54, 1.807) is 25.6 Å². The maximum atomic E-state index is 5.60. The van der Waals surface area contributed by atoms with Crippen LogP contribution in [-0.2, 0) is 0 Å². The third kappa shape index (κ3) is 2.94. The van der Waals surface area contributed by atoms with Crippen LogP contribution in [-0.4, -0.2) is 32.3 Å². The quantitative estimate of drug-likeness (QED) is 0.532. The zero-order valence-corrected chi connectivity index (χ0v) is 13.5. The highest BCUT2D eigenvalue weighted by Crippen LogP contribution is 2.25. The number of ether oxygens (including phenoxy) is 1. The van der Waals surface area contributed by atoms with Gasteiger partial charge in [0.2, 0.25) is 0 Å². The van der Waals surface area contributed by atoms with Gasteiger partial charge in [-0.1, -0.05) is 12.2 Å². The van der Waals surface area contributed by atoms with Crippen molar-refractivity contribution in [1.82, 2.24) is 25.1 Å². The van der Waals surface area contributed by atoms with E-state index in [1.165, 1.54) is 0 Å². The van der Waals surface area contributed by atoms with Crippen molar-refractivity contribution in [2.75, 3.05) is 12.8 Å². The normalized spacial score (nSPS) is 11.4. The standard InChI is InChI=1S/C18H16N6O/c1-25-13-5-6-14-15(8-13)23-18(22-14)17-12(10-21-24-17)4-2-11-3-7-16(19)20-9-11/h2-10H,1H3,(H2,19,20)(H,21,24)(H,22,23). The number of nitrogens with zero attached hydrogens (tertiary/aromatic N) is 3. The van der Waals surface area contributed by atoms with Gasteiger partial charge in [0.1, 0.15) is 17.3 Å². The lowest BCUT2D eigenvalue weighted by Gasteiger charge is -1.97. The minimum atomic E-state index is 0.499. The number of aromatic nitrogens is 5. The zero-order chi connectivity index (χ0) is 17.2. The topological polar surface area (TPSA) is 106 Å². The molecule has 4 aromatic rings. The first kappa shape index (κ1) is 14.9. The number of imidazole rings is 1. The van der Waals surface area contributed by atoms with Crippen LogP contribution in [0, 0.1) is 0 Å². The lowest BCUT2D eigenvalue weighted by Crippen LogP contribution is -1.88. The fourth-order valence-electron chi connectivity index (χ4n) is 2.55. The first-order chi connectivity index (χ1) is 12.2. The van der Waals surface area contributed by atoms with Gasteiger partial charge in [-0.25, -0.2) is 9.97 Å². The molecule has 25 heavy (non-hydrogen) atoms. The fraction of sp³-hybridized carbons (Fsp3) is 0.0556. The molecule has 0 aliphatic rings. The van der Waals surface area contributed by atoms with E-state index in [0.717, 1.165) is 39.4 Å². The van der Waals surface area contributed by atoms with Gasteiger partial charge in [0, 0.05) is 17.8 Å². The van der Waals surface area contributed by atoms with Crippen LogP contribution in [0.1, 0.15) is 11.1 Å². The van der Waals surface area contributed by atoms with Gasteiger partial charge >= 0.3 is 0 Å². The Hall–Kier alpha value is -3.61. The molecule has 0 aliphatic heterocycles. The highest BCUT2D eigenvalue weighted by Gasteiger charge is 2.11.